The first-order chi connectivity index (χ1) is 14.0. The van der Waals surface area contributed by atoms with Gasteiger partial charge in [-0.1, -0.05) is 24.6 Å². The van der Waals surface area contributed by atoms with E-state index in [1.54, 1.807) is 29.2 Å². The van der Waals surface area contributed by atoms with E-state index in [1.165, 1.54) is 0 Å². The van der Waals surface area contributed by atoms with E-state index < -0.39 is 0 Å². The van der Waals surface area contributed by atoms with Crippen molar-refractivity contribution in [1.29, 1.82) is 0 Å². The molecule has 0 aromatic heterocycles. The first-order valence-corrected chi connectivity index (χ1v) is 10.2. The van der Waals surface area contributed by atoms with Gasteiger partial charge in [0.15, 0.2) is 11.5 Å². The Morgan fingerprint density at radius 1 is 1.21 bits per heavy atom. The number of carbonyl (C=O) groups is 2. The highest BCUT2D eigenvalue weighted by Gasteiger charge is 2.22. The van der Waals surface area contributed by atoms with Crippen LogP contribution in [0.4, 0.5) is 11.4 Å². The van der Waals surface area contributed by atoms with Gasteiger partial charge in [0.25, 0.3) is 5.91 Å². The van der Waals surface area contributed by atoms with Crippen molar-refractivity contribution in [2.24, 2.45) is 0 Å². The number of anilines is 2. The lowest BCUT2D eigenvalue weighted by Crippen LogP contribution is -2.23. The third-order valence-corrected chi connectivity index (χ3v) is 4.79. The predicted octanol–water partition coefficient (Wildman–Crippen LogP) is 4.91. The standard InChI is InChI=1S/C22H25ClN2O4/c1-3-11-29-21-18(23)12-15(13-19(21)28-4-2)22(27)24-16-7-5-8-17(14-16)25-10-6-9-20(25)26/h5,7-8,12-14H,3-4,6,9-11H2,1-2H3,(H,24,27). The molecule has 1 fully saturated rings. The van der Waals surface area contributed by atoms with Gasteiger partial charge < -0.3 is 19.7 Å². The van der Waals surface area contributed by atoms with Crippen LogP contribution in [-0.2, 0) is 4.79 Å². The van der Waals surface area contributed by atoms with E-state index in [2.05, 4.69) is 5.32 Å². The minimum atomic E-state index is -0.320. The van der Waals surface area contributed by atoms with Crippen LogP contribution in [0.1, 0.15) is 43.5 Å². The van der Waals surface area contributed by atoms with Crippen molar-refractivity contribution >= 4 is 34.8 Å². The van der Waals surface area contributed by atoms with Crippen LogP contribution >= 0.6 is 11.6 Å². The Morgan fingerprint density at radius 3 is 2.72 bits per heavy atom. The number of hydrogen-bond donors (Lipinski definition) is 1. The minimum absolute atomic E-state index is 0.101. The van der Waals surface area contributed by atoms with Crippen molar-refractivity contribution in [3.05, 3.63) is 47.0 Å². The van der Waals surface area contributed by atoms with Crippen LogP contribution in [0.3, 0.4) is 0 Å². The highest BCUT2D eigenvalue weighted by atomic mass is 35.5. The minimum Gasteiger partial charge on any atom is -0.490 e. The lowest BCUT2D eigenvalue weighted by atomic mass is 10.1. The van der Waals surface area contributed by atoms with E-state index in [0.29, 0.717) is 54.0 Å². The molecule has 1 aliphatic rings. The number of nitrogens with one attached hydrogen (secondary N) is 1. The van der Waals surface area contributed by atoms with Gasteiger partial charge in [0.1, 0.15) is 0 Å². The van der Waals surface area contributed by atoms with E-state index in [9.17, 15) is 9.59 Å². The summed E-state index contributed by atoms with van der Waals surface area (Å²) in [7, 11) is 0. The van der Waals surface area contributed by atoms with Crippen molar-refractivity contribution in [1.82, 2.24) is 0 Å². The van der Waals surface area contributed by atoms with Gasteiger partial charge in [0.05, 0.1) is 18.2 Å². The van der Waals surface area contributed by atoms with Gasteiger partial charge in [-0.3, -0.25) is 9.59 Å². The molecular formula is C22H25ClN2O4. The first kappa shape index (κ1) is 21.0. The van der Waals surface area contributed by atoms with Crippen LogP contribution in [0.2, 0.25) is 5.02 Å². The Balaban J connectivity index is 1.81. The zero-order valence-corrected chi connectivity index (χ0v) is 17.4. The smallest absolute Gasteiger partial charge is 0.255 e. The summed E-state index contributed by atoms with van der Waals surface area (Å²) in [5, 5.41) is 3.19. The highest BCUT2D eigenvalue weighted by molar-refractivity contribution is 6.32. The largest absolute Gasteiger partial charge is 0.490 e. The molecule has 2 amide bonds. The maximum atomic E-state index is 12.8. The molecule has 2 aromatic rings. The summed E-state index contributed by atoms with van der Waals surface area (Å²) in [5.41, 5.74) is 1.75. The van der Waals surface area contributed by atoms with E-state index >= 15 is 0 Å². The molecule has 0 unspecified atom stereocenters. The van der Waals surface area contributed by atoms with Gasteiger partial charge in [-0.05, 0) is 50.1 Å². The number of benzene rings is 2. The molecule has 0 radical (unpaired) electrons. The molecule has 0 aliphatic carbocycles. The molecule has 1 saturated heterocycles. The Labute approximate surface area is 175 Å². The molecule has 1 aliphatic heterocycles. The summed E-state index contributed by atoms with van der Waals surface area (Å²) in [6.07, 6.45) is 2.24. The molecule has 3 rings (SSSR count). The lowest BCUT2D eigenvalue weighted by molar-refractivity contribution is -0.117. The number of nitrogens with zero attached hydrogens (tertiary/aromatic N) is 1. The molecular weight excluding hydrogens is 392 g/mol. The monoisotopic (exact) mass is 416 g/mol. The van der Waals surface area contributed by atoms with E-state index in [0.717, 1.165) is 18.5 Å². The molecule has 0 atom stereocenters. The third-order valence-electron chi connectivity index (χ3n) is 4.51. The van der Waals surface area contributed by atoms with Crippen LogP contribution in [-0.4, -0.2) is 31.6 Å². The Kier molecular flexibility index (Phi) is 6.99. The van der Waals surface area contributed by atoms with E-state index in [4.69, 9.17) is 21.1 Å². The zero-order chi connectivity index (χ0) is 20.8. The zero-order valence-electron chi connectivity index (χ0n) is 16.7. The molecule has 154 valence electrons. The average molecular weight is 417 g/mol. The Bertz CT molecular complexity index is 900. The maximum Gasteiger partial charge on any atom is 0.255 e. The van der Waals surface area contributed by atoms with Crippen molar-refractivity contribution in [2.75, 3.05) is 30.0 Å². The molecule has 0 spiro atoms. The lowest BCUT2D eigenvalue weighted by Gasteiger charge is -2.17. The number of ether oxygens (including phenoxy) is 2. The van der Waals surface area contributed by atoms with Crippen LogP contribution in [0.25, 0.3) is 0 Å². The molecule has 0 saturated carbocycles. The summed E-state index contributed by atoms with van der Waals surface area (Å²) < 4.78 is 11.3. The average Bonchev–Trinajstić information content (AvgIpc) is 3.13. The molecule has 7 heteroatoms. The Hall–Kier alpha value is -2.73. The predicted molar refractivity (Wildman–Crippen MR) is 114 cm³/mol. The Morgan fingerprint density at radius 2 is 2.03 bits per heavy atom. The van der Waals surface area contributed by atoms with E-state index in [1.807, 2.05) is 26.0 Å². The SMILES string of the molecule is CCCOc1c(Cl)cc(C(=O)Nc2cccc(N3CCCC3=O)c2)cc1OCC. The van der Waals surface area contributed by atoms with Crippen LogP contribution in [0.5, 0.6) is 11.5 Å². The molecule has 0 bridgehead atoms. The molecule has 1 N–H and O–H groups in total. The quantitative estimate of drug-likeness (QED) is 0.664. The normalized spacial score (nSPS) is 13.5. The fourth-order valence-electron chi connectivity index (χ4n) is 3.18. The van der Waals surface area contributed by atoms with Gasteiger partial charge >= 0.3 is 0 Å². The second-order valence-electron chi connectivity index (χ2n) is 6.72. The fourth-order valence-corrected chi connectivity index (χ4v) is 3.45. The van der Waals surface area contributed by atoms with Crippen molar-refractivity contribution in [3.8, 4) is 11.5 Å². The van der Waals surface area contributed by atoms with Crippen molar-refractivity contribution in [3.63, 3.8) is 0 Å². The second-order valence-corrected chi connectivity index (χ2v) is 7.13. The summed E-state index contributed by atoms with van der Waals surface area (Å²) in [4.78, 5) is 26.5. The van der Waals surface area contributed by atoms with Gasteiger partial charge in [0.2, 0.25) is 5.91 Å². The van der Waals surface area contributed by atoms with Crippen molar-refractivity contribution in [2.45, 2.75) is 33.1 Å². The molecule has 1 heterocycles. The number of rotatable bonds is 8. The van der Waals surface area contributed by atoms with Gasteiger partial charge in [-0.15, -0.1) is 0 Å². The molecule has 2 aromatic carbocycles. The van der Waals surface area contributed by atoms with E-state index in [-0.39, 0.29) is 11.8 Å². The van der Waals surface area contributed by atoms with Gasteiger partial charge in [0, 0.05) is 29.9 Å². The fraction of sp³-hybridized carbons (Fsp3) is 0.364. The number of halogens is 1. The molecule has 6 nitrogen and oxygen atoms in total. The summed E-state index contributed by atoms with van der Waals surface area (Å²) >= 11 is 6.35. The van der Waals surface area contributed by atoms with Crippen LogP contribution in [0.15, 0.2) is 36.4 Å². The van der Waals surface area contributed by atoms with Gasteiger partial charge in [-0.2, -0.15) is 0 Å². The summed E-state index contributed by atoms with van der Waals surface area (Å²) in [5.74, 6) is 0.667. The number of hydrogen-bond acceptors (Lipinski definition) is 4. The second kappa shape index (κ2) is 9.65. The topological polar surface area (TPSA) is 67.9 Å². The summed E-state index contributed by atoms with van der Waals surface area (Å²) in [6.45, 7) is 5.49. The van der Waals surface area contributed by atoms with Crippen LogP contribution in [0, 0.1) is 0 Å². The number of carbonyl (C=O) groups excluding carboxylic acids is 2. The van der Waals surface area contributed by atoms with Crippen LogP contribution < -0.4 is 19.7 Å². The number of amides is 2. The van der Waals surface area contributed by atoms with Crippen molar-refractivity contribution < 1.29 is 19.1 Å². The highest BCUT2D eigenvalue weighted by Crippen LogP contribution is 2.37. The first-order valence-electron chi connectivity index (χ1n) is 9.84. The third kappa shape index (κ3) is 5.01. The van der Waals surface area contributed by atoms with Gasteiger partial charge in [-0.25, -0.2) is 0 Å². The molecule has 29 heavy (non-hydrogen) atoms. The maximum absolute atomic E-state index is 12.8. The summed E-state index contributed by atoms with van der Waals surface area (Å²) in [6, 6.07) is 10.5.